The quantitative estimate of drug-likeness (QED) is 0.573. The van der Waals surface area contributed by atoms with Crippen LogP contribution >= 0.6 is 0 Å². The highest BCUT2D eigenvalue weighted by atomic mass is 16.1. The lowest BCUT2D eigenvalue weighted by atomic mass is 10.2. The van der Waals surface area contributed by atoms with Crippen molar-refractivity contribution in [2.45, 2.75) is 6.17 Å². The van der Waals surface area contributed by atoms with Crippen LogP contribution in [0.25, 0.3) is 0 Å². The first-order valence-corrected chi connectivity index (χ1v) is 6.17. The molecule has 1 aromatic rings. The van der Waals surface area contributed by atoms with Crippen LogP contribution in [0.15, 0.2) is 68.3 Å². The van der Waals surface area contributed by atoms with Crippen molar-refractivity contribution in [2.75, 3.05) is 13.1 Å². The van der Waals surface area contributed by atoms with Crippen LogP contribution in [0.1, 0.15) is 10.4 Å². The second-order valence-electron chi connectivity index (χ2n) is 4.05. The van der Waals surface area contributed by atoms with E-state index >= 15 is 0 Å². The van der Waals surface area contributed by atoms with E-state index in [1.807, 2.05) is 23.1 Å². The molecule has 0 aliphatic heterocycles. The Morgan fingerprint density at radius 3 is 2.21 bits per heavy atom. The fourth-order valence-corrected chi connectivity index (χ4v) is 1.74. The molecular formula is C16H20N2O. The number of hydrogen-bond acceptors (Lipinski definition) is 2. The first-order chi connectivity index (χ1) is 9.22. The number of nitrogens with one attached hydrogen (secondary N) is 1. The van der Waals surface area contributed by atoms with E-state index in [0.717, 1.165) is 0 Å². The molecule has 0 saturated heterocycles. The van der Waals surface area contributed by atoms with E-state index in [4.69, 9.17) is 0 Å². The summed E-state index contributed by atoms with van der Waals surface area (Å²) >= 11 is 0. The molecule has 0 aliphatic carbocycles. The molecule has 3 nitrogen and oxygen atoms in total. The van der Waals surface area contributed by atoms with Gasteiger partial charge in [0.1, 0.15) is 6.17 Å². The van der Waals surface area contributed by atoms with Crippen LogP contribution in [-0.4, -0.2) is 30.1 Å². The van der Waals surface area contributed by atoms with Gasteiger partial charge in [0, 0.05) is 18.7 Å². The Kier molecular flexibility index (Phi) is 6.33. The van der Waals surface area contributed by atoms with Crippen molar-refractivity contribution in [1.82, 2.24) is 10.2 Å². The molecule has 0 radical (unpaired) electrons. The molecule has 1 atom stereocenters. The van der Waals surface area contributed by atoms with Gasteiger partial charge in [-0.2, -0.15) is 0 Å². The summed E-state index contributed by atoms with van der Waals surface area (Å²) in [5.74, 6) is -0.122. The normalized spacial score (nSPS) is 11.6. The average molecular weight is 256 g/mol. The molecule has 0 fully saturated rings. The zero-order valence-electron chi connectivity index (χ0n) is 11.1. The number of amides is 1. The van der Waals surface area contributed by atoms with Gasteiger partial charge in [0.05, 0.1) is 0 Å². The molecule has 0 aromatic heterocycles. The summed E-state index contributed by atoms with van der Waals surface area (Å²) in [4.78, 5) is 14.1. The Bertz CT molecular complexity index is 429. The number of benzene rings is 1. The minimum absolute atomic E-state index is 0.122. The summed E-state index contributed by atoms with van der Waals surface area (Å²) in [6.45, 7) is 12.5. The van der Waals surface area contributed by atoms with E-state index < -0.39 is 0 Å². The monoisotopic (exact) mass is 256 g/mol. The molecule has 0 spiro atoms. The van der Waals surface area contributed by atoms with Gasteiger partial charge >= 0.3 is 0 Å². The second-order valence-corrected chi connectivity index (χ2v) is 4.05. The Balaban J connectivity index is 2.74. The van der Waals surface area contributed by atoms with E-state index in [9.17, 15) is 4.79 Å². The van der Waals surface area contributed by atoms with E-state index in [0.29, 0.717) is 18.7 Å². The molecule has 1 aromatic carbocycles. The van der Waals surface area contributed by atoms with Crippen LogP contribution in [0.3, 0.4) is 0 Å². The molecule has 1 unspecified atom stereocenters. The highest BCUT2D eigenvalue weighted by Crippen LogP contribution is 2.03. The molecule has 19 heavy (non-hydrogen) atoms. The van der Waals surface area contributed by atoms with Gasteiger partial charge in [0.15, 0.2) is 0 Å². The fraction of sp³-hybridized carbons (Fsp3) is 0.188. The molecule has 1 rings (SSSR count). The maximum atomic E-state index is 12.1. The topological polar surface area (TPSA) is 32.3 Å². The van der Waals surface area contributed by atoms with Crippen molar-refractivity contribution in [3.8, 4) is 0 Å². The SMILES string of the molecule is C=CCN(CC=C)C(C=C)NC(=O)c1ccccc1. The Morgan fingerprint density at radius 2 is 1.74 bits per heavy atom. The van der Waals surface area contributed by atoms with Gasteiger partial charge in [-0.25, -0.2) is 0 Å². The molecule has 1 amide bonds. The summed E-state index contributed by atoms with van der Waals surface area (Å²) in [7, 11) is 0. The summed E-state index contributed by atoms with van der Waals surface area (Å²) in [5.41, 5.74) is 0.631. The largest absolute Gasteiger partial charge is 0.333 e. The van der Waals surface area contributed by atoms with E-state index in [1.165, 1.54) is 0 Å². The minimum atomic E-state index is -0.247. The Morgan fingerprint density at radius 1 is 1.16 bits per heavy atom. The van der Waals surface area contributed by atoms with Gasteiger partial charge in [-0.15, -0.1) is 13.2 Å². The predicted molar refractivity (Wildman–Crippen MR) is 79.9 cm³/mol. The predicted octanol–water partition coefficient (Wildman–Crippen LogP) is 2.60. The number of nitrogens with zero attached hydrogens (tertiary/aromatic N) is 1. The molecule has 100 valence electrons. The van der Waals surface area contributed by atoms with Crippen molar-refractivity contribution in [3.63, 3.8) is 0 Å². The highest BCUT2D eigenvalue weighted by Gasteiger charge is 2.16. The molecule has 3 heteroatoms. The minimum Gasteiger partial charge on any atom is -0.333 e. The number of carbonyl (C=O) groups is 1. The van der Waals surface area contributed by atoms with E-state index in [2.05, 4.69) is 25.1 Å². The third-order valence-electron chi connectivity index (χ3n) is 2.66. The van der Waals surface area contributed by atoms with E-state index in [1.54, 1.807) is 30.4 Å². The maximum Gasteiger partial charge on any atom is 0.252 e. The first-order valence-electron chi connectivity index (χ1n) is 6.17. The molecule has 0 saturated carbocycles. The van der Waals surface area contributed by atoms with Crippen molar-refractivity contribution >= 4 is 5.91 Å². The first kappa shape index (κ1) is 14.9. The third-order valence-corrected chi connectivity index (χ3v) is 2.66. The summed E-state index contributed by atoms with van der Waals surface area (Å²) < 4.78 is 0. The lowest BCUT2D eigenvalue weighted by molar-refractivity contribution is 0.0900. The fourth-order valence-electron chi connectivity index (χ4n) is 1.74. The van der Waals surface area contributed by atoms with Gasteiger partial charge in [-0.3, -0.25) is 9.69 Å². The van der Waals surface area contributed by atoms with Crippen LogP contribution in [0.5, 0.6) is 0 Å². The van der Waals surface area contributed by atoms with Crippen molar-refractivity contribution in [3.05, 3.63) is 73.9 Å². The van der Waals surface area contributed by atoms with Gasteiger partial charge in [0.2, 0.25) is 0 Å². The summed E-state index contributed by atoms with van der Waals surface area (Å²) in [6.07, 6.45) is 5.03. The molecule has 1 N–H and O–H groups in total. The lowest BCUT2D eigenvalue weighted by Gasteiger charge is -2.28. The van der Waals surface area contributed by atoms with Crippen LogP contribution in [0.4, 0.5) is 0 Å². The number of hydrogen-bond donors (Lipinski definition) is 1. The van der Waals surface area contributed by atoms with Crippen molar-refractivity contribution in [1.29, 1.82) is 0 Å². The average Bonchev–Trinajstić information content (AvgIpc) is 2.45. The molecule has 0 bridgehead atoms. The molecular weight excluding hydrogens is 236 g/mol. The summed E-state index contributed by atoms with van der Waals surface area (Å²) in [6, 6.07) is 9.11. The van der Waals surface area contributed by atoms with Crippen molar-refractivity contribution < 1.29 is 4.79 Å². The lowest BCUT2D eigenvalue weighted by Crippen LogP contribution is -2.47. The maximum absolute atomic E-state index is 12.1. The highest BCUT2D eigenvalue weighted by molar-refractivity contribution is 5.94. The van der Waals surface area contributed by atoms with Gasteiger partial charge in [-0.05, 0) is 12.1 Å². The smallest absolute Gasteiger partial charge is 0.252 e. The van der Waals surface area contributed by atoms with Crippen LogP contribution in [0.2, 0.25) is 0 Å². The number of carbonyl (C=O) groups excluding carboxylic acids is 1. The zero-order chi connectivity index (χ0) is 14.1. The standard InChI is InChI=1S/C16H20N2O/c1-4-12-18(13-5-2)15(6-3)17-16(19)14-10-8-7-9-11-14/h4-11,15H,1-3,12-13H2,(H,17,19). The molecule has 0 aliphatic rings. The molecule has 0 heterocycles. The van der Waals surface area contributed by atoms with Crippen LogP contribution in [-0.2, 0) is 0 Å². The zero-order valence-corrected chi connectivity index (χ0v) is 11.1. The van der Waals surface area contributed by atoms with Crippen molar-refractivity contribution in [2.24, 2.45) is 0 Å². The van der Waals surface area contributed by atoms with E-state index in [-0.39, 0.29) is 12.1 Å². The van der Waals surface area contributed by atoms with Gasteiger partial charge in [-0.1, -0.05) is 43.0 Å². The Labute approximate surface area is 114 Å². The Hall–Kier alpha value is -2.13. The van der Waals surface area contributed by atoms with Crippen LogP contribution in [0, 0.1) is 0 Å². The van der Waals surface area contributed by atoms with Crippen LogP contribution < -0.4 is 5.32 Å². The third kappa shape index (κ3) is 4.56. The van der Waals surface area contributed by atoms with Gasteiger partial charge < -0.3 is 5.32 Å². The van der Waals surface area contributed by atoms with Gasteiger partial charge in [0.25, 0.3) is 5.91 Å². The second kappa shape index (κ2) is 8.06. The summed E-state index contributed by atoms with van der Waals surface area (Å²) in [5, 5.41) is 2.93. The number of rotatable bonds is 8.